The first kappa shape index (κ1) is 13.9. The van der Waals surface area contributed by atoms with Gasteiger partial charge in [0.15, 0.2) is 0 Å². The average Bonchev–Trinajstić information content (AvgIpc) is 2.37. The number of nitrogens with two attached hydrogens (primary N) is 2. The Bertz CT molecular complexity index is 658. The van der Waals surface area contributed by atoms with E-state index < -0.39 is 5.54 Å². The van der Waals surface area contributed by atoms with Crippen LogP contribution in [0.2, 0.25) is 0 Å². The van der Waals surface area contributed by atoms with Gasteiger partial charge in [-0.25, -0.2) is 9.97 Å². The minimum Gasteiger partial charge on any atom is -0.328 e. The maximum atomic E-state index is 6.61. The lowest BCUT2D eigenvalue weighted by Crippen LogP contribution is -2.46. The summed E-state index contributed by atoms with van der Waals surface area (Å²) >= 11 is 3.54. The van der Waals surface area contributed by atoms with E-state index in [-0.39, 0.29) is 6.04 Å². The Morgan fingerprint density at radius 1 is 1.35 bits per heavy atom. The van der Waals surface area contributed by atoms with Gasteiger partial charge in [-0.05, 0) is 60.7 Å². The van der Waals surface area contributed by atoms with Gasteiger partial charge < -0.3 is 11.5 Å². The zero-order chi connectivity index (χ0) is 14.3. The Hall–Kier alpha value is -1.04. The van der Waals surface area contributed by atoms with E-state index in [1.807, 2.05) is 25.1 Å². The molecule has 106 valence electrons. The fourth-order valence-corrected chi connectivity index (χ4v) is 3.61. The molecule has 20 heavy (non-hydrogen) atoms. The normalized spacial score (nSPS) is 26.9. The predicted molar refractivity (Wildman–Crippen MR) is 84.3 cm³/mol. The van der Waals surface area contributed by atoms with Crippen LogP contribution in [0.4, 0.5) is 0 Å². The van der Waals surface area contributed by atoms with E-state index in [0.29, 0.717) is 0 Å². The van der Waals surface area contributed by atoms with Crippen molar-refractivity contribution in [2.75, 3.05) is 0 Å². The van der Waals surface area contributed by atoms with E-state index in [2.05, 4.69) is 20.9 Å². The summed E-state index contributed by atoms with van der Waals surface area (Å²) in [6, 6.07) is 6.07. The maximum absolute atomic E-state index is 6.61. The van der Waals surface area contributed by atoms with Crippen LogP contribution < -0.4 is 11.5 Å². The largest absolute Gasteiger partial charge is 0.328 e. The van der Waals surface area contributed by atoms with Crippen LogP contribution in [0.15, 0.2) is 22.7 Å². The van der Waals surface area contributed by atoms with Crippen LogP contribution >= 0.6 is 15.9 Å². The van der Waals surface area contributed by atoms with Gasteiger partial charge in [-0.15, -0.1) is 0 Å². The highest BCUT2D eigenvalue weighted by molar-refractivity contribution is 9.10. The topological polar surface area (TPSA) is 77.8 Å². The zero-order valence-electron chi connectivity index (χ0n) is 11.6. The van der Waals surface area contributed by atoms with Crippen LogP contribution in [0.25, 0.3) is 11.0 Å². The molecule has 0 radical (unpaired) electrons. The standard InChI is InChI=1S/C15H19BrN4/c1-9-14(15(18)7-3-4-10(17)8-15)20-13-11(16)5-2-6-12(13)19-9/h2,5-6,10H,3-4,7-8,17-18H2,1H3. The molecule has 0 aliphatic heterocycles. The highest BCUT2D eigenvalue weighted by Crippen LogP contribution is 2.35. The molecule has 2 unspecified atom stereocenters. The molecule has 1 heterocycles. The van der Waals surface area contributed by atoms with Gasteiger partial charge in [-0.3, -0.25) is 0 Å². The number of aromatic nitrogens is 2. The molecule has 1 aliphatic carbocycles. The summed E-state index contributed by atoms with van der Waals surface area (Å²) in [6.07, 6.45) is 3.79. The lowest BCUT2D eigenvalue weighted by Gasteiger charge is -2.36. The number of para-hydroxylation sites is 1. The molecule has 4 N–H and O–H groups in total. The lowest BCUT2D eigenvalue weighted by atomic mass is 9.77. The third-order valence-electron chi connectivity index (χ3n) is 4.12. The Kier molecular flexibility index (Phi) is 3.52. The number of rotatable bonds is 1. The molecule has 2 aromatic rings. The molecule has 1 fully saturated rings. The van der Waals surface area contributed by atoms with Gasteiger partial charge in [0.1, 0.15) is 5.52 Å². The molecule has 1 saturated carbocycles. The van der Waals surface area contributed by atoms with Crippen molar-refractivity contribution < 1.29 is 0 Å². The summed E-state index contributed by atoms with van der Waals surface area (Å²) in [4.78, 5) is 9.48. The van der Waals surface area contributed by atoms with E-state index in [9.17, 15) is 0 Å². The van der Waals surface area contributed by atoms with Gasteiger partial charge in [0.25, 0.3) is 0 Å². The molecule has 4 nitrogen and oxygen atoms in total. The van der Waals surface area contributed by atoms with Crippen molar-refractivity contribution in [1.82, 2.24) is 9.97 Å². The molecule has 1 aromatic carbocycles. The average molecular weight is 335 g/mol. The summed E-state index contributed by atoms with van der Waals surface area (Å²) in [7, 11) is 0. The van der Waals surface area contributed by atoms with Crippen molar-refractivity contribution in [3.63, 3.8) is 0 Å². The fourth-order valence-electron chi connectivity index (χ4n) is 3.17. The Labute approximate surface area is 127 Å². The summed E-state index contributed by atoms with van der Waals surface area (Å²) in [5, 5.41) is 0. The number of benzene rings is 1. The first-order valence-electron chi connectivity index (χ1n) is 6.97. The SMILES string of the molecule is Cc1nc2cccc(Br)c2nc1C1(N)CCCC(N)C1. The number of halogens is 1. The number of hydrogen-bond acceptors (Lipinski definition) is 4. The summed E-state index contributed by atoms with van der Waals surface area (Å²) < 4.78 is 0.951. The molecule has 5 heteroatoms. The second kappa shape index (κ2) is 5.06. The van der Waals surface area contributed by atoms with Crippen molar-refractivity contribution in [1.29, 1.82) is 0 Å². The van der Waals surface area contributed by atoms with Crippen LogP contribution in [-0.2, 0) is 5.54 Å². The Morgan fingerprint density at radius 2 is 2.15 bits per heavy atom. The second-order valence-electron chi connectivity index (χ2n) is 5.78. The van der Waals surface area contributed by atoms with Crippen LogP contribution in [0, 0.1) is 6.92 Å². The van der Waals surface area contributed by atoms with Gasteiger partial charge in [0.2, 0.25) is 0 Å². The van der Waals surface area contributed by atoms with E-state index in [1.165, 1.54) is 0 Å². The minimum absolute atomic E-state index is 0.157. The van der Waals surface area contributed by atoms with Gasteiger partial charge in [-0.2, -0.15) is 0 Å². The quantitative estimate of drug-likeness (QED) is 0.840. The molecule has 2 atom stereocenters. The molecule has 0 spiro atoms. The second-order valence-corrected chi connectivity index (χ2v) is 6.63. The first-order valence-corrected chi connectivity index (χ1v) is 7.77. The van der Waals surface area contributed by atoms with Gasteiger partial charge in [0, 0.05) is 10.5 Å². The lowest BCUT2D eigenvalue weighted by molar-refractivity contribution is 0.266. The predicted octanol–water partition coefficient (Wildman–Crippen LogP) is 2.76. The van der Waals surface area contributed by atoms with E-state index >= 15 is 0 Å². The van der Waals surface area contributed by atoms with E-state index in [0.717, 1.165) is 52.6 Å². The van der Waals surface area contributed by atoms with E-state index in [4.69, 9.17) is 16.5 Å². The molecule has 0 bridgehead atoms. The zero-order valence-corrected chi connectivity index (χ0v) is 13.2. The first-order chi connectivity index (χ1) is 9.49. The third kappa shape index (κ3) is 2.34. The summed E-state index contributed by atoms with van der Waals surface area (Å²) in [5.41, 5.74) is 15.8. The fraction of sp³-hybridized carbons (Fsp3) is 0.467. The number of aryl methyl sites for hydroxylation is 1. The van der Waals surface area contributed by atoms with Crippen LogP contribution in [0.5, 0.6) is 0 Å². The minimum atomic E-state index is -0.446. The highest BCUT2D eigenvalue weighted by Gasteiger charge is 2.36. The molecule has 0 amide bonds. The summed E-state index contributed by atoms with van der Waals surface area (Å²) in [6.45, 7) is 1.98. The number of nitrogens with zero attached hydrogens (tertiary/aromatic N) is 2. The van der Waals surface area contributed by atoms with Crippen molar-refractivity contribution in [3.8, 4) is 0 Å². The Morgan fingerprint density at radius 3 is 2.90 bits per heavy atom. The molecule has 0 saturated heterocycles. The van der Waals surface area contributed by atoms with Crippen molar-refractivity contribution in [2.45, 2.75) is 44.2 Å². The van der Waals surface area contributed by atoms with Gasteiger partial charge in [0.05, 0.1) is 22.4 Å². The van der Waals surface area contributed by atoms with Crippen LogP contribution in [-0.4, -0.2) is 16.0 Å². The molecule has 1 aromatic heterocycles. The Balaban J connectivity index is 2.15. The summed E-state index contributed by atoms with van der Waals surface area (Å²) in [5.74, 6) is 0. The molecular formula is C15H19BrN4. The monoisotopic (exact) mass is 334 g/mol. The molecule has 1 aliphatic rings. The number of hydrogen-bond donors (Lipinski definition) is 2. The van der Waals surface area contributed by atoms with Crippen molar-refractivity contribution in [2.24, 2.45) is 11.5 Å². The van der Waals surface area contributed by atoms with Crippen molar-refractivity contribution >= 4 is 27.0 Å². The maximum Gasteiger partial charge on any atom is 0.103 e. The molecular weight excluding hydrogens is 316 g/mol. The number of fused-ring (bicyclic) bond motifs is 1. The third-order valence-corrected chi connectivity index (χ3v) is 4.76. The van der Waals surface area contributed by atoms with Gasteiger partial charge >= 0.3 is 0 Å². The van der Waals surface area contributed by atoms with E-state index in [1.54, 1.807) is 0 Å². The highest BCUT2D eigenvalue weighted by atomic mass is 79.9. The van der Waals surface area contributed by atoms with Crippen LogP contribution in [0.3, 0.4) is 0 Å². The van der Waals surface area contributed by atoms with Gasteiger partial charge in [-0.1, -0.05) is 6.07 Å². The van der Waals surface area contributed by atoms with Crippen LogP contribution in [0.1, 0.15) is 37.1 Å². The molecule has 3 rings (SSSR count). The smallest absolute Gasteiger partial charge is 0.103 e. The van der Waals surface area contributed by atoms with Crippen molar-refractivity contribution in [3.05, 3.63) is 34.1 Å².